The zero-order valence-corrected chi connectivity index (χ0v) is 12.4. The number of hydrogen-bond acceptors (Lipinski definition) is 3. The Bertz CT molecular complexity index is 866. The molecule has 0 fully saturated rings. The SMILES string of the molecule is CNCc1cc(C)c(-c2cc3cn[nH]c3cc2C#N)c(F)c1. The number of nitriles is 1. The molecule has 0 spiro atoms. The Morgan fingerprint density at radius 3 is 2.82 bits per heavy atom. The first kappa shape index (κ1) is 14.2. The topological polar surface area (TPSA) is 64.5 Å². The fourth-order valence-corrected chi connectivity index (χ4v) is 2.75. The van der Waals surface area contributed by atoms with E-state index in [1.807, 2.05) is 20.0 Å². The maximum absolute atomic E-state index is 14.6. The number of nitrogens with one attached hydrogen (secondary N) is 2. The minimum Gasteiger partial charge on any atom is -0.316 e. The molecule has 2 N–H and O–H groups in total. The molecule has 3 aromatic rings. The second kappa shape index (κ2) is 5.58. The molecule has 0 aliphatic rings. The van der Waals surface area contributed by atoms with Crippen LogP contribution in [0, 0.1) is 24.1 Å². The van der Waals surface area contributed by atoms with Gasteiger partial charge in [-0.25, -0.2) is 4.39 Å². The van der Waals surface area contributed by atoms with Crippen molar-refractivity contribution in [1.82, 2.24) is 15.5 Å². The monoisotopic (exact) mass is 294 g/mol. The van der Waals surface area contributed by atoms with Crippen LogP contribution in [0.15, 0.2) is 30.5 Å². The van der Waals surface area contributed by atoms with Crippen molar-refractivity contribution in [2.24, 2.45) is 0 Å². The Hall–Kier alpha value is -2.71. The summed E-state index contributed by atoms with van der Waals surface area (Å²) in [5, 5.41) is 20.0. The molecular weight excluding hydrogens is 279 g/mol. The van der Waals surface area contributed by atoms with Gasteiger partial charge < -0.3 is 5.32 Å². The van der Waals surface area contributed by atoms with Crippen LogP contribution in [-0.4, -0.2) is 17.2 Å². The fraction of sp³-hybridized carbons (Fsp3) is 0.176. The van der Waals surface area contributed by atoms with E-state index < -0.39 is 0 Å². The number of rotatable bonds is 3. The van der Waals surface area contributed by atoms with Crippen molar-refractivity contribution in [3.05, 3.63) is 53.0 Å². The largest absolute Gasteiger partial charge is 0.316 e. The molecule has 0 aliphatic carbocycles. The van der Waals surface area contributed by atoms with Crippen LogP contribution in [0.1, 0.15) is 16.7 Å². The Balaban J connectivity index is 2.24. The molecule has 3 rings (SSSR count). The highest BCUT2D eigenvalue weighted by Crippen LogP contribution is 2.32. The van der Waals surface area contributed by atoms with Gasteiger partial charge >= 0.3 is 0 Å². The average Bonchev–Trinajstić information content (AvgIpc) is 2.93. The number of aromatic nitrogens is 2. The van der Waals surface area contributed by atoms with Crippen LogP contribution >= 0.6 is 0 Å². The summed E-state index contributed by atoms with van der Waals surface area (Å²) >= 11 is 0. The summed E-state index contributed by atoms with van der Waals surface area (Å²) in [7, 11) is 1.82. The van der Waals surface area contributed by atoms with E-state index in [9.17, 15) is 9.65 Å². The number of fused-ring (bicyclic) bond motifs is 1. The van der Waals surface area contributed by atoms with E-state index in [0.29, 0.717) is 23.2 Å². The molecule has 2 aromatic carbocycles. The number of nitrogens with zero attached hydrogens (tertiary/aromatic N) is 2. The first-order valence-corrected chi connectivity index (χ1v) is 6.95. The van der Waals surface area contributed by atoms with E-state index >= 15 is 0 Å². The summed E-state index contributed by atoms with van der Waals surface area (Å²) in [4.78, 5) is 0. The van der Waals surface area contributed by atoms with Gasteiger partial charge in [-0.15, -0.1) is 0 Å². The first-order chi connectivity index (χ1) is 10.6. The summed E-state index contributed by atoms with van der Waals surface area (Å²) in [5.74, 6) is -0.315. The number of hydrogen-bond donors (Lipinski definition) is 2. The molecule has 0 saturated heterocycles. The molecule has 0 unspecified atom stereocenters. The van der Waals surface area contributed by atoms with Gasteiger partial charge in [-0.1, -0.05) is 6.07 Å². The Morgan fingerprint density at radius 2 is 2.14 bits per heavy atom. The van der Waals surface area contributed by atoms with Gasteiger partial charge in [-0.2, -0.15) is 10.4 Å². The lowest BCUT2D eigenvalue weighted by atomic mass is 9.93. The van der Waals surface area contributed by atoms with Gasteiger partial charge in [0.25, 0.3) is 0 Å². The van der Waals surface area contributed by atoms with Gasteiger partial charge in [0.1, 0.15) is 5.82 Å². The van der Waals surface area contributed by atoms with Gasteiger partial charge in [0.05, 0.1) is 23.3 Å². The molecule has 1 aromatic heterocycles. The number of aromatic amines is 1. The van der Waals surface area contributed by atoms with Crippen molar-refractivity contribution >= 4 is 10.9 Å². The molecule has 4 nitrogen and oxygen atoms in total. The van der Waals surface area contributed by atoms with Crippen LogP contribution in [0.4, 0.5) is 4.39 Å². The summed E-state index contributed by atoms with van der Waals surface area (Å²) in [6.07, 6.45) is 1.67. The van der Waals surface area contributed by atoms with E-state index in [-0.39, 0.29) is 5.82 Å². The van der Waals surface area contributed by atoms with Gasteiger partial charge in [0.15, 0.2) is 0 Å². The average molecular weight is 294 g/mol. The molecule has 5 heteroatoms. The lowest BCUT2D eigenvalue weighted by Gasteiger charge is -2.12. The second-order valence-corrected chi connectivity index (χ2v) is 5.27. The molecule has 0 bridgehead atoms. The third kappa shape index (κ3) is 2.34. The highest BCUT2D eigenvalue weighted by Gasteiger charge is 2.15. The smallest absolute Gasteiger partial charge is 0.131 e. The number of aryl methyl sites for hydroxylation is 1. The zero-order chi connectivity index (χ0) is 15.7. The molecule has 0 radical (unpaired) electrons. The molecular formula is C17H15FN4. The normalized spacial score (nSPS) is 10.8. The predicted octanol–water partition coefficient (Wildman–Crippen LogP) is 3.27. The maximum Gasteiger partial charge on any atom is 0.131 e. The summed E-state index contributed by atoms with van der Waals surface area (Å²) in [6.45, 7) is 2.46. The molecule has 0 saturated carbocycles. The van der Waals surface area contributed by atoms with Crippen molar-refractivity contribution in [3.63, 3.8) is 0 Å². The van der Waals surface area contributed by atoms with Gasteiger partial charge in [0.2, 0.25) is 0 Å². The molecule has 0 atom stereocenters. The van der Waals surface area contributed by atoms with Crippen LogP contribution in [0.3, 0.4) is 0 Å². The van der Waals surface area contributed by atoms with Gasteiger partial charge in [-0.05, 0) is 43.3 Å². The minimum absolute atomic E-state index is 0.315. The van der Waals surface area contributed by atoms with E-state index in [1.54, 1.807) is 18.3 Å². The third-order valence-corrected chi connectivity index (χ3v) is 3.70. The van der Waals surface area contributed by atoms with Crippen molar-refractivity contribution in [1.29, 1.82) is 5.26 Å². The zero-order valence-electron chi connectivity index (χ0n) is 12.4. The van der Waals surface area contributed by atoms with Crippen molar-refractivity contribution in [3.8, 4) is 17.2 Å². The van der Waals surface area contributed by atoms with Crippen LogP contribution in [0.25, 0.3) is 22.0 Å². The molecule has 1 heterocycles. The predicted molar refractivity (Wildman–Crippen MR) is 83.7 cm³/mol. The van der Waals surface area contributed by atoms with Crippen molar-refractivity contribution in [2.45, 2.75) is 13.5 Å². The Morgan fingerprint density at radius 1 is 1.32 bits per heavy atom. The number of benzene rings is 2. The van der Waals surface area contributed by atoms with Crippen LogP contribution in [0.5, 0.6) is 0 Å². The van der Waals surface area contributed by atoms with E-state index in [1.165, 1.54) is 6.07 Å². The fourth-order valence-electron chi connectivity index (χ4n) is 2.75. The molecule has 0 aliphatic heterocycles. The quantitative estimate of drug-likeness (QED) is 0.779. The van der Waals surface area contributed by atoms with Crippen LogP contribution < -0.4 is 5.32 Å². The highest BCUT2D eigenvalue weighted by atomic mass is 19.1. The van der Waals surface area contributed by atoms with Crippen molar-refractivity contribution in [2.75, 3.05) is 7.05 Å². The van der Waals surface area contributed by atoms with Gasteiger partial charge in [-0.3, -0.25) is 5.10 Å². The van der Waals surface area contributed by atoms with E-state index in [0.717, 1.165) is 22.0 Å². The second-order valence-electron chi connectivity index (χ2n) is 5.27. The number of H-pyrrole nitrogens is 1. The number of halogens is 1. The van der Waals surface area contributed by atoms with Gasteiger partial charge in [0, 0.05) is 23.1 Å². The van der Waals surface area contributed by atoms with E-state index in [2.05, 4.69) is 21.6 Å². The van der Waals surface area contributed by atoms with Crippen LogP contribution in [0.2, 0.25) is 0 Å². The van der Waals surface area contributed by atoms with E-state index in [4.69, 9.17) is 0 Å². The summed E-state index contributed by atoms with van der Waals surface area (Å²) < 4.78 is 14.6. The molecule has 110 valence electrons. The Labute approximate surface area is 127 Å². The molecule has 22 heavy (non-hydrogen) atoms. The lowest BCUT2D eigenvalue weighted by molar-refractivity contribution is 0.626. The summed E-state index contributed by atoms with van der Waals surface area (Å²) in [6, 6.07) is 9.11. The first-order valence-electron chi connectivity index (χ1n) is 6.95. The van der Waals surface area contributed by atoms with Crippen LogP contribution in [-0.2, 0) is 6.54 Å². The minimum atomic E-state index is -0.315. The highest BCUT2D eigenvalue weighted by molar-refractivity contribution is 5.88. The molecule has 0 amide bonds. The Kier molecular flexibility index (Phi) is 3.61. The summed E-state index contributed by atoms with van der Waals surface area (Å²) in [5.41, 5.74) is 3.96. The maximum atomic E-state index is 14.6. The third-order valence-electron chi connectivity index (χ3n) is 3.70. The standard InChI is InChI=1S/C17H15FN4/c1-10-3-11(8-20-2)4-15(18)17(10)14-5-13-9-21-22-16(13)6-12(14)7-19/h3-6,9,20H,8H2,1-2H3,(H,21,22). The van der Waals surface area contributed by atoms with Crippen molar-refractivity contribution < 1.29 is 4.39 Å². The lowest BCUT2D eigenvalue weighted by Crippen LogP contribution is -2.06.